The van der Waals surface area contributed by atoms with Crippen molar-refractivity contribution in [1.29, 1.82) is 0 Å². The van der Waals surface area contributed by atoms with Crippen molar-refractivity contribution in [1.82, 2.24) is 0 Å². The molecule has 0 aliphatic heterocycles. The Hall–Kier alpha value is -5.00. The van der Waals surface area contributed by atoms with Crippen LogP contribution in [-0.4, -0.2) is 23.6 Å². The predicted molar refractivity (Wildman–Crippen MR) is 161 cm³/mol. The average molecular weight is 645 g/mol. The fraction of sp³-hybridized carbons (Fsp3) is 0.235. The van der Waals surface area contributed by atoms with Gasteiger partial charge in [0, 0.05) is 30.8 Å². The van der Waals surface area contributed by atoms with Crippen LogP contribution in [0.4, 0.5) is 37.7 Å². The first-order valence-electron chi connectivity index (χ1n) is 14.1. The lowest BCUT2D eigenvalue weighted by molar-refractivity contribution is -0.138. The van der Waals surface area contributed by atoms with E-state index in [1.54, 1.807) is 31.2 Å². The summed E-state index contributed by atoms with van der Waals surface area (Å²) in [6, 6.07) is 20.8. The third-order valence-corrected chi connectivity index (χ3v) is 7.12. The van der Waals surface area contributed by atoms with Gasteiger partial charge >= 0.3 is 18.3 Å². The van der Waals surface area contributed by atoms with Crippen LogP contribution in [0.5, 0.6) is 5.75 Å². The molecule has 0 radical (unpaired) electrons. The first-order chi connectivity index (χ1) is 21.7. The van der Waals surface area contributed by atoms with Crippen molar-refractivity contribution in [3.05, 3.63) is 124 Å². The van der Waals surface area contributed by atoms with Gasteiger partial charge in [0.15, 0.2) is 0 Å². The van der Waals surface area contributed by atoms with Crippen molar-refractivity contribution in [3.63, 3.8) is 0 Å². The second kappa shape index (κ2) is 14.4. The van der Waals surface area contributed by atoms with E-state index in [1.165, 1.54) is 59.5 Å². The molecule has 0 aromatic heterocycles. The molecule has 0 unspecified atom stereocenters. The van der Waals surface area contributed by atoms with Crippen LogP contribution in [0.2, 0.25) is 0 Å². The molecule has 0 fully saturated rings. The summed E-state index contributed by atoms with van der Waals surface area (Å²) in [5.74, 6) is -1.16. The molecule has 242 valence electrons. The number of ether oxygens (including phenoxy) is 1. The highest BCUT2D eigenvalue weighted by atomic mass is 19.4. The van der Waals surface area contributed by atoms with Gasteiger partial charge in [-0.2, -0.15) is 26.3 Å². The molecule has 0 spiro atoms. The maximum Gasteiger partial charge on any atom is 0.416 e. The van der Waals surface area contributed by atoms with Crippen molar-refractivity contribution < 1.29 is 45.8 Å². The van der Waals surface area contributed by atoms with Gasteiger partial charge in [0.25, 0.3) is 5.91 Å². The zero-order valence-electron chi connectivity index (χ0n) is 24.6. The van der Waals surface area contributed by atoms with Gasteiger partial charge < -0.3 is 20.1 Å². The third kappa shape index (κ3) is 8.80. The molecule has 6 nitrogen and oxygen atoms in total. The van der Waals surface area contributed by atoms with Crippen LogP contribution >= 0.6 is 0 Å². The lowest BCUT2D eigenvalue weighted by atomic mass is 10.0. The number of anilines is 2. The maximum atomic E-state index is 13.8. The molecule has 1 amide bonds. The van der Waals surface area contributed by atoms with E-state index >= 15 is 0 Å². The Bertz CT molecular complexity index is 1630. The molecule has 4 aromatic carbocycles. The minimum Gasteiger partial charge on any atom is -0.491 e. The summed E-state index contributed by atoms with van der Waals surface area (Å²) in [5, 5.41) is 11.6. The fourth-order valence-electron chi connectivity index (χ4n) is 4.91. The number of carbonyl (C=O) groups is 2. The van der Waals surface area contributed by atoms with Crippen molar-refractivity contribution in [2.45, 2.75) is 45.2 Å². The lowest BCUT2D eigenvalue weighted by Gasteiger charge is -2.28. The molecule has 0 saturated heterocycles. The van der Waals surface area contributed by atoms with Crippen LogP contribution in [0.25, 0.3) is 0 Å². The Morgan fingerprint density at radius 1 is 0.783 bits per heavy atom. The van der Waals surface area contributed by atoms with Crippen molar-refractivity contribution >= 4 is 23.3 Å². The largest absolute Gasteiger partial charge is 0.491 e. The molecule has 4 aromatic rings. The van der Waals surface area contributed by atoms with E-state index in [2.05, 4.69) is 5.32 Å². The Morgan fingerprint density at radius 2 is 1.33 bits per heavy atom. The van der Waals surface area contributed by atoms with E-state index in [9.17, 15) is 35.9 Å². The van der Waals surface area contributed by atoms with Crippen LogP contribution in [0.1, 0.15) is 51.0 Å². The van der Waals surface area contributed by atoms with Gasteiger partial charge in [-0.1, -0.05) is 48.5 Å². The van der Waals surface area contributed by atoms with E-state index < -0.39 is 35.4 Å². The maximum absolute atomic E-state index is 13.8. The lowest BCUT2D eigenvalue weighted by Crippen LogP contribution is -2.26. The van der Waals surface area contributed by atoms with Crippen LogP contribution in [0, 0.1) is 6.92 Å². The number of alkyl halides is 6. The molecule has 46 heavy (non-hydrogen) atoms. The number of hydrogen-bond donors (Lipinski definition) is 2. The summed E-state index contributed by atoms with van der Waals surface area (Å²) in [7, 11) is 0. The molecule has 0 aliphatic rings. The number of carbonyl (C=O) groups excluding carboxylic acids is 1. The summed E-state index contributed by atoms with van der Waals surface area (Å²) in [5.41, 5.74) is -0.770. The number of nitrogens with one attached hydrogen (secondary N) is 1. The van der Waals surface area contributed by atoms with Crippen LogP contribution in [-0.2, 0) is 30.2 Å². The monoisotopic (exact) mass is 644 g/mol. The second-order valence-corrected chi connectivity index (χ2v) is 10.5. The van der Waals surface area contributed by atoms with Gasteiger partial charge in [0.05, 0.1) is 23.4 Å². The minimum absolute atomic E-state index is 0.0827. The Morgan fingerprint density at radius 3 is 1.87 bits per heavy atom. The highest BCUT2D eigenvalue weighted by molar-refractivity contribution is 6.06. The normalized spacial score (nSPS) is 11.6. The van der Waals surface area contributed by atoms with E-state index in [1.807, 2.05) is 0 Å². The van der Waals surface area contributed by atoms with Crippen LogP contribution < -0.4 is 15.0 Å². The molecular weight excluding hydrogens is 614 g/mol. The Balaban J connectivity index is 1.64. The Labute approximate surface area is 261 Å². The molecule has 12 heteroatoms. The summed E-state index contributed by atoms with van der Waals surface area (Å²) in [4.78, 5) is 25.4. The fourth-order valence-corrected chi connectivity index (χ4v) is 4.91. The van der Waals surface area contributed by atoms with Gasteiger partial charge in [-0.05, 0) is 72.5 Å². The van der Waals surface area contributed by atoms with Crippen LogP contribution in [0.3, 0.4) is 0 Å². The zero-order chi connectivity index (χ0) is 33.5. The van der Waals surface area contributed by atoms with Crippen molar-refractivity contribution in [2.75, 3.05) is 16.8 Å². The number of para-hydroxylation sites is 2. The van der Waals surface area contributed by atoms with Gasteiger partial charge in [-0.3, -0.25) is 9.59 Å². The number of aliphatic carboxylic acids is 1. The van der Waals surface area contributed by atoms with E-state index in [4.69, 9.17) is 9.84 Å². The summed E-state index contributed by atoms with van der Waals surface area (Å²) < 4.78 is 88.7. The number of rotatable bonds is 12. The number of benzene rings is 4. The molecule has 0 aliphatic carbocycles. The number of carboxylic acids is 1. The number of amides is 1. The molecule has 0 bridgehead atoms. The second-order valence-electron chi connectivity index (χ2n) is 10.5. The summed E-state index contributed by atoms with van der Waals surface area (Å²) >= 11 is 0. The summed E-state index contributed by atoms with van der Waals surface area (Å²) in [6.45, 7) is 0.995. The molecule has 2 N–H and O–H groups in total. The molecule has 0 heterocycles. The first kappa shape index (κ1) is 33.9. The first-order valence-corrected chi connectivity index (χ1v) is 14.1. The van der Waals surface area contributed by atoms with E-state index in [0.29, 0.717) is 22.7 Å². The topological polar surface area (TPSA) is 78.9 Å². The van der Waals surface area contributed by atoms with Crippen molar-refractivity contribution in [2.24, 2.45) is 0 Å². The molecule has 0 saturated carbocycles. The SMILES string of the molecule is Cc1cc(N(Cc2ccccc2C(F)(F)F)Cc2ccccc2C(F)(F)F)ccc1C(=O)Nc1ccccc1OCCCC(=O)O. The molecular formula is C34H30F6N2O4. The standard InChI is InChI=1S/C34H30F6N2O4/c1-22-19-25(16-17-26(22)32(45)41-29-13-6-7-14-30(29)46-18-8-15-31(43)44)42(20-23-9-2-4-11-27(23)33(35,36)37)21-24-10-3-5-12-28(24)34(38,39)40/h2-7,9-14,16-17,19H,8,15,18,20-21H2,1H3,(H,41,45)(H,43,44). The number of halogens is 6. The molecule has 0 atom stereocenters. The minimum atomic E-state index is -4.68. The number of carboxylic acid groups (broad SMARTS) is 1. The quantitative estimate of drug-likeness (QED) is 0.119. The predicted octanol–water partition coefficient (Wildman–Crippen LogP) is 8.74. The number of nitrogens with zero attached hydrogens (tertiary/aromatic N) is 1. The van der Waals surface area contributed by atoms with Gasteiger partial charge in [0.1, 0.15) is 5.75 Å². The number of hydrogen-bond acceptors (Lipinski definition) is 4. The van der Waals surface area contributed by atoms with Crippen LogP contribution in [0.15, 0.2) is 91.0 Å². The smallest absolute Gasteiger partial charge is 0.416 e. The molecule has 4 rings (SSSR count). The van der Waals surface area contributed by atoms with Gasteiger partial charge in [-0.25, -0.2) is 0 Å². The zero-order valence-corrected chi connectivity index (χ0v) is 24.6. The van der Waals surface area contributed by atoms with Crippen molar-refractivity contribution in [3.8, 4) is 5.75 Å². The van der Waals surface area contributed by atoms with Gasteiger partial charge in [0.2, 0.25) is 0 Å². The average Bonchev–Trinajstić information content (AvgIpc) is 2.99. The summed E-state index contributed by atoms with van der Waals surface area (Å²) in [6.07, 6.45) is -9.18. The van der Waals surface area contributed by atoms with E-state index in [0.717, 1.165) is 12.1 Å². The highest BCUT2D eigenvalue weighted by Crippen LogP contribution is 2.36. The Kier molecular flexibility index (Phi) is 10.6. The number of aryl methyl sites for hydroxylation is 1. The van der Waals surface area contributed by atoms with Gasteiger partial charge in [-0.15, -0.1) is 0 Å². The van der Waals surface area contributed by atoms with E-state index in [-0.39, 0.29) is 49.2 Å². The highest BCUT2D eigenvalue weighted by Gasteiger charge is 2.35. The third-order valence-electron chi connectivity index (χ3n) is 7.12.